The second-order valence-corrected chi connectivity index (χ2v) is 9.19. The summed E-state index contributed by atoms with van der Waals surface area (Å²) in [5.74, 6) is -1.12. The van der Waals surface area contributed by atoms with Gasteiger partial charge in [0.2, 0.25) is 5.95 Å². The number of aliphatic imine (C=N–C) groups is 1. The van der Waals surface area contributed by atoms with Gasteiger partial charge in [0.25, 0.3) is 0 Å². The zero-order chi connectivity index (χ0) is 27.0. The highest BCUT2D eigenvalue weighted by atomic mass is 19.4. The van der Waals surface area contributed by atoms with Gasteiger partial charge < -0.3 is 9.84 Å². The summed E-state index contributed by atoms with van der Waals surface area (Å²) in [7, 11) is 1.33. The SMILES string of the molecule is COc1ccc(F)cc1C(C)(C)CC(O)(/C=N/c1cccc2c1cnn2-c1ccc(F)nc1)C(F)(F)F. The van der Waals surface area contributed by atoms with Gasteiger partial charge in [-0.15, -0.1) is 0 Å². The molecule has 1 atom stereocenters. The van der Waals surface area contributed by atoms with E-state index in [1.54, 1.807) is 12.1 Å². The van der Waals surface area contributed by atoms with Crippen molar-refractivity contribution in [1.29, 1.82) is 0 Å². The van der Waals surface area contributed by atoms with E-state index in [-0.39, 0.29) is 17.0 Å². The largest absolute Gasteiger partial charge is 0.496 e. The number of aromatic nitrogens is 3. The lowest BCUT2D eigenvalue weighted by atomic mass is 9.74. The second kappa shape index (κ2) is 9.55. The topological polar surface area (TPSA) is 72.5 Å². The Morgan fingerprint density at radius 1 is 1.05 bits per heavy atom. The number of pyridine rings is 1. The Bertz CT molecular complexity index is 1450. The van der Waals surface area contributed by atoms with Crippen molar-refractivity contribution in [3.8, 4) is 11.4 Å². The van der Waals surface area contributed by atoms with E-state index in [9.17, 15) is 27.1 Å². The molecule has 37 heavy (non-hydrogen) atoms. The molecular weight excluding hydrogens is 495 g/mol. The lowest BCUT2D eigenvalue weighted by Crippen LogP contribution is -2.50. The van der Waals surface area contributed by atoms with Crippen molar-refractivity contribution >= 4 is 22.8 Å². The fourth-order valence-corrected chi connectivity index (χ4v) is 4.22. The molecule has 4 aromatic rings. The maximum absolute atomic E-state index is 14.2. The molecule has 0 aliphatic carbocycles. The van der Waals surface area contributed by atoms with Crippen molar-refractivity contribution in [3.05, 3.63) is 78.3 Å². The quantitative estimate of drug-likeness (QED) is 0.183. The van der Waals surface area contributed by atoms with Gasteiger partial charge in [-0.2, -0.15) is 22.7 Å². The summed E-state index contributed by atoms with van der Waals surface area (Å²) in [5.41, 5.74) is -3.49. The van der Waals surface area contributed by atoms with E-state index in [1.165, 1.54) is 56.2 Å². The van der Waals surface area contributed by atoms with E-state index in [2.05, 4.69) is 15.1 Å². The molecule has 1 N–H and O–H groups in total. The van der Waals surface area contributed by atoms with Crippen LogP contribution in [0.1, 0.15) is 25.8 Å². The lowest BCUT2D eigenvalue weighted by molar-refractivity contribution is -0.234. The van der Waals surface area contributed by atoms with E-state index >= 15 is 0 Å². The molecule has 0 fully saturated rings. The Hall–Kier alpha value is -3.86. The third-order valence-corrected chi connectivity index (χ3v) is 6.06. The van der Waals surface area contributed by atoms with E-state index < -0.39 is 35.4 Å². The van der Waals surface area contributed by atoms with E-state index in [1.807, 2.05) is 0 Å². The number of halogens is 5. The Kier molecular flexibility index (Phi) is 6.76. The van der Waals surface area contributed by atoms with Gasteiger partial charge in [0.1, 0.15) is 11.6 Å². The first kappa shape index (κ1) is 26.2. The minimum atomic E-state index is -5.09. The van der Waals surface area contributed by atoms with Gasteiger partial charge in [0, 0.05) is 17.2 Å². The Balaban J connectivity index is 1.73. The molecule has 0 aliphatic rings. The average Bonchev–Trinajstić information content (AvgIpc) is 3.27. The maximum Gasteiger partial charge on any atom is 0.422 e. The highest BCUT2D eigenvalue weighted by molar-refractivity contribution is 5.92. The number of hydrogen-bond donors (Lipinski definition) is 1. The van der Waals surface area contributed by atoms with Crippen molar-refractivity contribution in [3.63, 3.8) is 0 Å². The summed E-state index contributed by atoms with van der Waals surface area (Å²) in [6.07, 6.45) is -2.83. The number of rotatable bonds is 7. The summed E-state index contributed by atoms with van der Waals surface area (Å²) < 4.78 is 76.4. The molecule has 0 saturated heterocycles. The normalized spacial score (nSPS) is 14.3. The molecule has 194 valence electrons. The third-order valence-electron chi connectivity index (χ3n) is 6.06. The molecule has 0 aliphatic heterocycles. The highest BCUT2D eigenvalue weighted by Crippen LogP contribution is 2.43. The number of hydrogen-bond acceptors (Lipinski definition) is 5. The Labute approximate surface area is 209 Å². The summed E-state index contributed by atoms with van der Waals surface area (Å²) in [6.45, 7) is 2.91. The van der Waals surface area contributed by atoms with Crippen LogP contribution in [0, 0.1) is 11.8 Å². The second-order valence-electron chi connectivity index (χ2n) is 9.19. The molecule has 4 rings (SSSR count). The molecule has 0 spiro atoms. The maximum atomic E-state index is 14.2. The first-order chi connectivity index (χ1) is 17.3. The Morgan fingerprint density at radius 3 is 2.46 bits per heavy atom. The lowest BCUT2D eigenvalue weighted by Gasteiger charge is -2.36. The molecule has 2 aromatic heterocycles. The van der Waals surface area contributed by atoms with Crippen molar-refractivity contribution in [2.75, 3.05) is 7.11 Å². The predicted octanol–water partition coefficient (Wildman–Crippen LogP) is 6.07. The van der Waals surface area contributed by atoms with Crippen LogP contribution in [0.2, 0.25) is 0 Å². The number of aliphatic hydroxyl groups is 1. The van der Waals surface area contributed by atoms with Crippen LogP contribution in [0.25, 0.3) is 16.6 Å². The van der Waals surface area contributed by atoms with Crippen molar-refractivity contribution in [1.82, 2.24) is 14.8 Å². The van der Waals surface area contributed by atoms with Crippen LogP contribution in [0.15, 0.2) is 65.9 Å². The minimum absolute atomic E-state index is 0.127. The molecule has 11 heteroatoms. The Morgan fingerprint density at radius 2 is 1.81 bits per heavy atom. The van der Waals surface area contributed by atoms with Crippen molar-refractivity contribution in [2.24, 2.45) is 4.99 Å². The molecule has 0 radical (unpaired) electrons. The van der Waals surface area contributed by atoms with Crippen molar-refractivity contribution < 1.29 is 31.8 Å². The molecule has 2 heterocycles. The third kappa shape index (κ3) is 5.17. The van der Waals surface area contributed by atoms with Gasteiger partial charge in [-0.1, -0.05) is 19.9 Å². The number of nitrogens with zero attached hydrogens (tertiary/aromatic N) is 4. The van der Waals surface area contributed by atoms with Crippen molar-refractivity contribution in [2.45, 2.75) is 37.5 Å². The van der Waals surface area contributed by atoms with E-state index in [0.29, 0.717) is 22.8 Å². The first-order valence-corrected chi connectivity index (χ1v) is 11.1. The fourth-order valence-electron chi connectivity index (χ4n) is 4.22. The standard InChI is InChI=1S/C26H23F5N4O2/c1-24(2,19-11-16(27)7-9-22(19)37-3)14-25(36,26(29,30)31)15-33-20-5-4-6-21-18(20)13-34-35(21)17-8-10-23(28)32-12-17/h4-13,15,36H,14H2,1-3H3/b33-15+. The number of benzene rings is 2. The molecule has 6 nitrogen and oxygen atoms in total. The number of alkyl halides is 3. The van der Waals surface area contributed by atoms with Crippen LogP contribution >= 0.6 is 0 Å². The fraction of sp³-hybridized carbons (Fsp3) is 0.269. The van der Waals surface area contributed by atoms with Crippen LogP contribution in [0.3, 0.4) is 0 Å². The van der Waals surface area contributed by atoms with Gasteiger partial charge in [-0.3, -0.25) is 4.99 Å². The summed E-state index contributed by atoms with van der Waals surface area (Å²) in [5, 5.41) is 15.5. The number of ether oxygens (including phenoxy) is 1. The molecule has 1 unspecified atom stereocenters. The van der Waals surface area contributed by atoms with E-state index in [0.717, 1.165) is 18.2 Å². The van der Waals surface area contributed by atoms with Crippen LogP contribution in [0.5, 0.6) is 5.75 Å². The monoisotopic (exact) mass is 518 g/mol. The average molecular weight is 518 g/mol. The zero-order valence-electron chi connectivity index (χ0n) is 20.1. The molecule has 2 aromatic carbocycles. The van der Waals surface area contributed by atoms with E-state index in [4.69, 9.17) is 4.74 Å². The zero-order valence-corrected chi connectivity index (χ0v) is 20.1. The van der Waals surface area contributed by atoms with Crippen LogP contribution in [-0.4, -0.2) is 45.0 Å². The predicted molar refractivity (Wildman–Crippen MR) is 129 cm³/mol. The molecule has 0 saturated carbocycles. The number of methoxy groups -OCH3 is 1. The van der Waals surface area contributed by atoms with Crippen LogP contribution < -0.4 is 4.74 Å². The van der Waals surface area contributed by atoms with Crippen LogP contribution in [-0.2, 0) is 5.41 Å². The number of fused-ring (bicyclic) bond motifs is 1. The van der Waals surface area contributed by atoms with Crippen LogP contribution in [0.4, 0.5) is 27.6 Å². The van der Waals surface area contributed by atoms with Gasteiger partial charge in [0.05, 0.1) is 36.4 Å². The van der Waals surface area contributed by atoms with Gasteiger partial charge in [-0.05, 0) is 54.3 Å². The molecule has 0 amide bonds. The van der Waals surface area contributed by atoms with Gasteiger partial charge in [0.15, 0.2) is 5.60 Å². The summed E-state index contributed by atoms with van der Waals surface area (Å²) in [6, 6.07) is 10.9. The first-order valence-electron chi connectivity index (χ1n) is 11.1. The smallest absolute Gasteiger partial charge is 0.422 e. The molecule has 0 bridgehead atoms. The highest BCUT2D eigenvalue weighted by Gasteiger charge is 2.55. The minimum Gasteiger partial charge on any atom is -0.496 e. The summed E-state index contributed by atoms with van der Waals surface area (Å²) in [4.78, 5) is 7.59. The van der Waals surface area contributed by atoms with Gasteiger partial charge >= 0.3 is 6.18 Å². The van der Waals surface area contributed by atoms with Gasteiger partial charge in [-0.25, -0.2) is 14.1 Å². The summed E-state index contributed by atoms with van der Waals surface area (Å²) >= 11 is 0. The molecular formula is C26H23F5N4O2.